The highest BCUT2D eigenvalue weighted by Gasteiger charge is 2.27. The number of ether oxygens (including phenoxy) is 2. The maximum atomic E-state index is 12.7. The Bertz CT molecular complexity index is 1190. The smallest absolute Gasteiger partial charge is 0.387 e. The van der Waals surface area contributed by atoms with Gasteiger partial charge in [-0.25, -0.2) is 4.79 Å². The lowest BCUT2D eigenvalue weighted by Crippen LogP contribution is -2.17. The molecule has 0 bridgehead atoms. The van der Waals surface area contributed by atoms with Gasteiger partial charge in [0.25, 0.3) is 0 Å². The highest BCUT2D eigenvalue weighted by atomic mass is 32.2. The Hall–Kier alpha value is -2.99. The summed E-state index contributed by atoms with van der Waals surface area (Å²) in [6, 6.07) is 6.07. The number of aryl methyl sites for hydroxylation is 1. The van der Waals surface area contributed by atoms with Crippen molar-refractivity contribution in [2.45, 2.75) is 37.5 Å². The zero-order valence-electron chi connectivity index (χ0n) is 18.5. The van der Waals surface area contributed by atoms with Crippen LogP contribution in [0.3, 0.4) is 0 Å². The summed E-state index contributed by atoms with van der Waals surface area (Å²) < 4.78 is 35.7. The molecule has 1 aliphatic rings. The lowest BCUT2D eigenvalue weighted by molar-refractivity contribution is -0.113. The van der Waals surface area contributed by atoms with Crippen LogP contribution >= 0.6 is 23.1 Å². The summed E-state index contributed by atoms with van der Waals surface area (Å²) >= 11 is 2.63. The minimum atomic E-state index is -2.89. The van der Waals surface area contributed by atoms with Gasteiger partial charge in [0.05, 0.1) is 18.4 Å². The second-order valence-electron chi connectivity index (χ2n) is 7.51. The molecule has 4 rings (SSSR count). The molecule has 2 heterocycles. The second kappa shape index (κ2) is 10.5. The van der Waals surface area contributed by atoms with Crippen molar-refractivity contribution in [2.24, 2.45) is 7.05 Å². The highest BCUT2D eigenvalue weighted by Crippen LogP contribution is 2.38. The minimum absolute atomic E-state index is 0.0498. The van der Waals surface area contributed by atoms with E-state index >= 15 is 0 Å². The van der Waals surface area contributed by atoms with Crippen molar-refractivity contribution in [3.8, 4) is 17.1 Å². The van der Waals surface area contributed by atoms with Gasteiger partial charge in [-0.05, 0) is 55.5 Å². The first-order valence-electron chi connectivity index (χ1n) is 10.5. The van der Waals surface area contributed by atoms with Crippen molar-refractivity contribution in [3.63, 3.8) is 0 Å². The molecular formula is C22H22F2N4O4S2. The normalized spacial score (nSPS) is 13.0. The number of thioether (sulfide) groups is 1. The van der Waals surface area contributed by atoms with Crippen molar-refractivity contribution in [1.29, 1.82) is 0 Å². The number of methoxy groups -OCH3 is 1. The molecule has 2 aromatic heterocycles. The van der Waals surface area contributed by atoms with Crippen molar-refractivity contribution >= 4 is 40.0 Å². The molecule has 3 aromatic rings. The van der Waals surface area contributed by atoms with E-state index in [9.17, 15) is 18.4 Å². The molecule has 0 radical (unpaired) electrons. The van der Waals surface area contributed by atoms with Crippen LogP contribution in [0.2, 0.25) is 0 Å². The van der Waals surface area contributed by atoms with E-state index in [1.807, 2.05) is 0 Å². The third-order valence-corrected chi connectivity index (χ3v) is 7.55. The standard InChI is InChI=1S/C22H22F2N4O4S2/c1-28-18(12-7-9-13(10-8-12)32-21(23)24)26-27-22(28)33-11-16(29)25-19-17(20(30)31-2)14-5-3-4-6-15(14)34-19/h7-10,21H,3-6,11H2,1-2H3,(H,25,29). The first kappa shape index (κ1) is 24.1. The lowest BCUT2D eigenvalue weighted by Gasteiger charge is -2.11. The molecule has 0 saturated heterocycles. The number of thiophene rings is 1. The van der Waals surface area contributed by atoms with Crippen LogP contribution in [0.1, 0.15) is 33.6 Å². The number of benzene rings is 1. The predicted molar refractivity (Wildman–Crippen MR) is 125 cm³/mol. The molecule has 180 valence electrons. The fourth-order valence-electron chi connectivity index (χ4n) is 3.74. The van der Waals surface area contributed by atoms with Gasteiger partial charge in [0.15, 0.2) is 11.0 Å². The number of alkyl halides is 2. The SMILES string of the molecule is COC(=O)c1c(NC(=O)CSc2nnc(-c3ccc(OC(F)F)cc3)n2C)sc2c1CCCC2. The van der Waals surface area contributed by atoms with E-state index in [-0.39, 0.29) is 17.4 Å². The third-order valence-electron chi connectivity index (χ3n) is 5.32. The number of carbonyl (C=O) groups is 2. The maximum absolute atomic E-state index is 12.7. The van der Waals surface area contributed by atoms with E-state index in [0.717, 1.165) is 36.1 Å². The molecule has 8 nitrogen and oxygen atoms in total. The van der Waals surface area contributed by atoms with Gasteiger partial charge in [-0.3, -0.25) is 4.79 Å². The Kier molecular flexibility index (Phi) is 7.47. The number of hydrogen-bond acceptors (Lipinski definition) is 8. The van der Waals surface area contributed by atoms with Gasteiger partial charge in [0.2, 0.25) is 5.91 Å². The van der Waals surface area contributed by atoms with Crippen molar-refractivity contribution < 1.29 is 27.8 Å². The molecule has 0 unspecified atom stereocenters. The predicted octanol–water partition coefficient (Wildman–Crippen LogP) is 4.54. The van der Waals surface area contributed by atoms with Crippen molar-refractivity contribution in [2.75, 3.05) is 18.2 Å². The molecule has 1 aliphatic carbocycles. The molecule has 34 heavy (non-hydrogen) atoms. The Morgan fingerprint density at radius 2 is 1.94 bits per heavy atom. The number of nitrogens with one attached hydrogen (secondary N) is 1. The van der Waals surface area contributed by atoms with E-state index in [1.54, 1.807) is 23.7 Å². The number of nitrogens with zero attached hydrogens (tertiary/aromatic N) is 3. The molecule has 0 fully saturated rings. The summed E-state index contributed by atoms with van der Waals surface area (Å²) in [5.74, 6) is -0.0766. The third kappa shape index (κ3) is 5.22. The number of anilines is 1. The average molecular weight is 509 g/mol. The van der Waals surface area contributed by atoms with E-state index in [1.165, 1.54) is 42.3 Å². The van der Waals surface area contributed by atoms with Crippen molar-refractivity contribution in [3.05, 3.63) is 40.3 Å². The summed E-state index contributed by atoms with van der Waals surface area (Å²) in [4.78, 5) is 26.1. The zero-order chi connectivity index (χ0) is 24.2. The molecule has 0 atom stereocenters. The fourth-order valence-corrected chi connectivity index (χ4v) is 5.75. The number of amides is 1. The Morgan fingerprint density at radius 1 is 1.21 bits per heavy atom. The Labute approximate surface area is 202 Å². The number of rotatable bonds is 8. The minimum Gasteiger partial charge on any atom is -0.465 e. The first-order chi connectivity index (χ1) is 16.4. The monoisotopic (exact) mass is 508 g/mol. The van der Waals surface area contributed by atoms with Gasteiger partial charge in [-0.2, -0.15) is 8.78 Å². The van der Waals surface area contributed by atoms with Crippen LogP contribution in [0.5, 0.6) is 5.75 Å². The summed E-state index contributed by atoms with van der Waals surface area (Å²) in [7, 11) is 3.09. The summed E-state index contributed by atoms with van der Waals surface area (Å²) in [6.45, 7) is -2.89. The molecule has 1 amide bonds. The van der Waals surface area contributed by atoms with E-state index in [4.69, 9.17) is 4.74 Å². The number of fused-ring (bicyclic) bond motifs is 1. The van der Waals surface area contributed by atoms with Gasteiger partial charge in [-0.1, -0.05) is 11.8 Å². The van der Waals surface area contributed by atoms with Crippen LogP contribution in [-0.4, -0.2) is 46.1 Å². The molecule has 1 N–H and O–H groups in total. The molecular weight excluding hydrogens is 486 g/mol. The average Bonchev–Trinajstić information content (AvgIpc) is 3.37. The number of aromatic nitrogens is 3. The Balaban J connectivity index is 1.42. The van der Waals surface area contributed by atoms with Gasteiger partial charge in [0.1, 0.15) is 10.8 Å². The molecule has 12 heteroatoms. The van der Waals surface area contributed by atoms with Crippen molar-refractivity contribution in [1.82, 2.24) is 14.8 Å². The fraction of sp³-hybridized carbons (Fsp3) is 0.364. The van der Waals surface area contributed by atoms with Gasteiger partial charge < -0.3 is 19.4 Å². The summed E-state index contributed by atoms with van der Waals surface area (Å²) in [6.07, 6.45) is 3.77. The summed E-state index contributed by atoms with van der Waals surface area (Å²) in [5.41, 5.74) is 2.11. The number of esters is 1. The van der Waals surface area contributed by atoms with Gasteiger partial charge >= 0.3 is 12.6 Å². The molecule has 0 spiro atoms. The van der Waals surface area contributed by atoms with E-state index in [2.05, 4.69) is 20.3 Å². The van der Waals surface area contributed by atoms with Crippen LogP contribution in [0.25, 0.3) is 11.4 Å². The topological polar surface area (TPSA) is 95.3 Å². The molecule has 1 aromatic carbocycles. The summed E-state index contributed by atoms with van der Waals surface area (Å²) in [5, 5.41) is 12.2. The van der Waals surface area contributed by atoms with Gasteiger partial charge in [0, 0.05) is 17.5 Å². The lowest BCUT2D eigenvalue weighted by atomic mass is 9.95. The quantitative estimate of drug-likeness (QED) is 0.353. The number of carbonyl (C=O) groups excluding carboxylic acids is 2. The second-order valence-corrected chi connectivity index (χ2v) is 9.56. The largest absolute Gasteiger partial charge is 0.465 e. The van der Waals surface area contributed by atoms with Crippen LogP contribution in [0.4, 0.5) is 13.8 Å². The van der Waals surface area contributed by atoms with Crippen LogP contribution < -0.4 is 10.1 Å². The van der Waals surface area contributed by atoms with Crippen LogP contribution in [0, 0.1) is 0 Å². The highest BCUT2D eigenvalue weighted by molar-refractivity contribution is 7.99. The van der Waals surface area contributed by atoms with E-state index < -0.39 is 12.6 Å². The zero-order valence-corrected chi connectivity index (χ0v) is 20.1. The first-order valence-corrected chi connectivity index (χ1v) is 12.3. The van der Waals surface area contributed by atoms with Gasteiger partial charge in [-0.15, -0.1) is 21.5 Å². The molecule has 0 saturated carbocycles. The van der Waals surface area contributed by atoms with Crippen LogP contribution in [0.15, 0.2) is 29.4 Å². The van der Waals surface area contributed by atoms with E-state index in [0.29, 0.717) is 27.1 Å². The molecule has 0 aliphatic heterocycles. The maximum Gasteiger partial charge on any atom is 0.387 e. The Morgan fingerprint density at radius 3 is 2.65 bits per heavy atom. The number of hydrogen-bond donors (Lipinski definition) is 1. The number of halogens is 2. The van der Waals surface area contributed by atoms with Crippen LogP contribution in [-0.2, 0) is 29.4 Å².